The number of halogens is 1. The molecule has 2 rings (SSSR count). The number of carbonyl (C=O) groups is 2. The Bertz CT molecular complexity index is 506. The first kappa shape index (κ1) is 14.1. The fraction of sp³-hybridized carbons (Fsp3) is 0.385. The molecular formula is C13H15IN2O3. The minimum atomic E-state index is -0.836. The number of anilines is 1. The van der Waals surface area contributed by atoms with Crippen LogP contribution < -0.4 is 5.32 Å². The lowest BCUT2D eigenvalue weighted by Gasteiger charge is -2.23. The molecule has 2 unspecified atom stereocenters. The quantitative estimate of drug-likeness (QED) is 0.782. The molecule has 0 radical (unpaired) electrons. The minimum absolute atomic E-state index is 0.238. The SMILES string of the molecule is CC1C(C(=O)O)CCN1C(=O)Nc1cccc(I)c1. The first-order chi connectivity index (χ1) is 8.99. The fourth-order valence-corrected chi connectivity index (χ4v) is 2.86. The molecule has 1 aromatic carbocycles. The Hall–Kier alpha value is -1.31. The number of likely N-dealkylation sites (tertiary alicyclic amines) is 1. The van der Waals surface area contributed by atoms with Crippen molar-refractivity contribution >= 4 is 40.3 Å². The lowest BCUT2D eigenvalue weighted by Crippen LogP contribution is -2.40. The van der Waals surface area contributed by atoms with Gasteiger partial charge in [0.05, 0.1) is 5.92 Å². The largest absolute Gasteiger partial charge is 0.481 e. The van der Waals surface area contributed by atoms with E-state index in [4.69, 9.17) is 5.11 Å². The second kappa shape index (κ2) is 5.77. The van der Waals surface area contributed by atoms with Crippen LogP contribution in [0.25, 0.3) is 0 Å². The van der Waals surface area contributed by atoms with Gasteiger partial charge in [-0.1, -0.05) is 6.07 Å². The maximum atomic E-state index is 12.1. The Labute approximate surface area is 125 Å². The van der Waals surface area contributed by atoms with E-state index in [9.17, 15) is 9.59 Å². The summed E-state index contributed by atoms with van der Waals surface area (Å²) in [7, 11) is 0. The van der Waals surface area contributed by atoms with Crippen molar-refractivity contribution in [3.63, 3.8) is 0 Å². The van der Waals surface area contributed by atoms with E-state index in [1.165, 1.54) is 0 Å². The summed E-state index contributed by atoms with van der Waals surface area (Å²) >= 11 is 2.17. The molecule has 0 saturated carbocycles. The van der Waals surface area contributed by atoms with Crippen molar-refractivity contribution in [2.75, 3.05) is 11.9 Å². The Morgan fingerprint density at radius 2 is 2.21 bits per heavy atom. The van der Waals surface area contributed by atoms with E-state index in [-0.39, 0.29) is 12.1 Å². The van der Waals surface area contributed by atoms with Crippen molar-refractivity contribution in [3.8, 4) is 0 Å². The number of amides is 2. The Morgan fingerprint density at radius 1 is 1.47 bits per heavy atom. The topological polar surface area (TPSA) is 69.6 Å². The zero-order valence-corrected chi connectivity index (χ0v) is 12.6. The molecule has 1 aromatic rings. The molecule has 1 heterocycles. The molecule has 2 N–H and O–H groups in total. The first-order valence-corrected chi connectivity index (χ1v) is 7.13. The summed E-state index contributed by atoms with van der Waals surface area (Å²) in [5.74, 6) is -1.31. The van der Waals surface area contributed by atoms with Crippen LogP contribution in [0.4, 0.5) is 10.5 Å². The maximum absolute atomic E-state index is 12.1. The number of carboxylic acid groups (broad SMARTS) is 1. The van der Waals surface area contributed by atoms with E-state index < -0.39 is 11.9 Å². The van der Waals surface area contributed by atoms with Gasteiger partial charge in [-0.2, -0.15) is 0 Å². The third-order valence-corrected chi connectivity index (χ3v) is 4.08. The number of carbonyl (C=O) groups excluding carboxylic acids is 1. The van der Waals surface area contributed by atoms with Crippen LogP contribution in [0.2, 0.25) is 0 Å². The average Bonchev–Trinajstić information content (AvgIpc) is 2.71. The summed E-state index contributed by atoms with van der Waals surface area (Å²) in [4.78, 5) is 24.7. The molecule has 2 amide bonds. The lowest BCUT2D eigenvalue weighted by molar-refractivity contribution is -0.142. The van der Waals surface area contributed by atoms with Crippen LogP contribution in [-0.4, -0.2) is 34.6 Å². The predicted molar refractivity (Wildman–Crippen MR) is 80.1 cm³/mol. The molecule has 1 saturated heterocycles. The van der Waals surface area contributed by atoms with Gasteiger partial charge in [0, 0.05) is 21.8 Å². The van der Waals surface area contributed by atoms with Gasteiger partial charge in [-0.25, -0.2) is 4.79 Å². The van der Waals surface area contributed by atoms with Crippen molar-refractivity contribution in [1.29, 1.82) is 0 Å². The molecule has 19 heavy (non-hydrogen) atoms. The van der Waals surface area contributed by atoms with E-state index in [0.717, 1.165) is 9.26 Å². The highest BCUT2D eigenvalue weighted by Gasteiger charge is 2.38. The van der Waals surface area contributed by atoms with Crippen LogP contribution in [0.5, 0.6) is 0 Å². The smallest absolute Gasteiger partial charge is 0.322 e. The van der Waals surface area contributed by atoms with Crippen molar-refractivity contribution < 1.29 is 14.7 Å². The number of carboxylic acids is 1. The van der Waals surface area contributed by atoms with Crippen molar-refractivity contribution in [2.24, 2.45) is 5.92 Å². The van der Waals surface area contributed by atoms with Crippen molar-refractivity contribution in [2.45, 2.75) is 19.4 Å². The van der Waals surface area contributed by atoms with E-state index in [1.807, 2.05) is 24.3 Å². The highest BCUT2D eigenvalue weighted by atomic mass is 127. The van der Waals surface area contributed by atoms with Crippen LogP contribution in [0.15, 0.2) is 24.3 Å². The molecule has 6 heteroatoms. The molecule has 0 spiro atoms. The van der Waals surface area contributed by atoms with Gasteiger partial charge < -0.3 is 15.3 Å². The second-order valence-electron chi connectivity index (χ2n) is 4.61. The molecule has 102 valence electrons. The highest BCUT2D eigenvalue weighted by Crippen LogP contribution is 2.25. The molecule has 5 nitrogen and oxygen atoms in total. The molecular weight excluding hydrogens is 359 g/mol. The van der Waals surface area contributed by atoms with E-state index in [0.29, 0.717) is 13.0 Å². The van der Waals surface area contributed by atoms with Gasteiger partial charge in [-0.15, -0.1) is 0 Å². The van der Waals surface area contributed by atoms with Gasteiger partial charge in [0.15, 0.2) is 0 Å². The minimum Gasteiger partial charge on any atom is -0.481 e. The summed E-state index contributed by atoms with van der Waals surface area (Å²) in [5, 5.41) is 11.9. The van der Waals surface area contributed by atoms with Crippen LogP contribution >= 0.6 is 22.6 Å². The Kier molecular flexibility index (Phi) is 4.28. The molecule has 0 bridgehead atoms. The molecule has 1 aliphatic rings. The number of hydrogen-bond donors (Lipinski definition) is 2. The Morgan fingerprint density at radius 3 is 2.79 bits per heavy atom. The van der Waals surface area contributed by atoms with Crippen LogP contribution in [0, 0.1) is 9.49 Å². The van der Waals surface area contributed by atoms with Gasteiger partial charge in [0.1, 0.15) is 0 Å². The third-order valence-electron chi connectivity index (χ3n) is 3.41. The van der Waals surface area contributed by atoms with E-state index in [1.54, 1.807) is 11.8 Å². The number of rotatable bonds is 2. The Balaban J connectivity index is 2.03. The molecule has 2 atom stereocenters. The summed E-state index contributed by atoms with van der Waals surface area (Å²) < 4.78 is 1.04. The van der Waals surface area contributed by atoms with Crippen LogP contribution in [-0.2, 0) is 4.79 Å². The molecule has 0 aliphatic carbocycles. The number of aliphatic carboxylic acids is 1. The maximum Gasteiger partial charge on any atom is 0.322 e. The molecule has 1 aliphatic heterocycles. The molecule has 0 aromatic heterocycles. The molecule has 1 fully saturated rings. The number of nitrogens with zero attached hydrogens (tertiary/aromatic N) is 1. The first-order valence-electron chi connectivity index (χ1n) is 6.05. The summed E-state index contributed by atoms with van der Waals surface area (Å²) in [5.41, 5.74) is 0.725. The van der Waals surface area contributed by atoms with Gasteiger partial charge in [0.2, 0.25) is 0 Å². The van der Waals surface area contributed by atoms with E-state index in [2.05, 4.69) is 27.9 Å². The summed E-state index contributed by atoms with van der Waals surface area (Å²) in [6.07, 6.45) is 0.510. The summed E-state index contributed by atoms with van der Waals surface area (Å²) in [6, 6.07) is 6.97. The number of urea groups is 1. The highest BCUT2D eigenvalue weighted by molar-refractivity contribution is 14.1. The number of benzene rings is 1. The van der Waals surface area contributed by atoms with Gasteiger partial charge in [-0.3, -0.25) is 4.79 Å². The van der Waals surface area contributed by atoms with Crippen molar-refractivity contribution in [1.82, 2.24) is 4.90 Å². The fourth-order valence-electron chi connectivity index (χ4n) is 2.32. The van der Waals surface area contributed by atoms with Gasteiger partial charge in [-0.05, 0) is 54.1 Å². The number of hydrogen-bond acceptors (Lipinski definition) is 2. The zero-order valence-electron chi connectivity index (χ0n) is 10.5. The van der Waals surface area contributed by atoms with Gasteiger partial charge >= 0.3 is 12.0 Å². The predicted octanol–water partition coefficient (Wildman–Crippen LogP) is 2.62. The average molecular weight is 374 g/mol. The monoisotopic (exact) mass is 374 g/mol. The summed E-state index contributed by atoms with van der Waals surface area (Å²) in [6.45, 7) is 2.26. The standard InChI is InChI=1S/C13H15IN2O3/c1-8-11(12(17)18)5-6-16(8)13(19)15-10-4-2-3-9(14)7-10/h2-4,7-8,11H,5-6H2,1H3,(H,15,19)(H,17,18). The van der Waals surface area contributed by atoms with Crippen LogP contribution in [0.3, 0.4) is 0 Å². The number of nitrogens with one attached hydrogen (secondary N) is 1. The van der Waals surface area contributed by atoms with E-state index >= 15 is 0 Å². The lowest BCUT2D eigenvalue weighted by atomic mass is 10.0. The van der Waals surface area contributed by atoms with Crippen LogP contribution in [0.1, 0.15) is 13.3 Å². The third kappa shape index (κ3) is 3.17. The van der Waals surface area contributed by atoms with Crippen molar-refractivity contribution in [3.05, 3.63) is 27.8 Å². The zero-order chi connectivity index (χ0) is 14.0. The van der Waals surface area contributed by atoms with Gasteiger partial charge in [0.25, 0.3) is 0 Å². The normalized spacial score (nSPS) is 22.3. The second-order valence-corrected chi connectivity index (χ2v) is 5.85.